The van der Waals surface area contributed by atoms with E-state index in [2.05, 4.69) is 36.2 Å². The van der Waals surface area contributed by atoms with Gasteiger partial charge >= 0.3 is 0 Å². The van der Waals surface area contributed by atoms with E-state index in [-0.39, 0.29) is 0 Å². The van der Waals surface area contributed by atoms with Gasteiger partial charge in [0, 0.05) is 0 Å². The van der Waals surface area contributed by atoms with Crippen LogP contribution in [0.25, 0.3) is 16.3 Å². The Kier molecular flexibility index (Phi) is 2.64. The number of nitrogens with zero attached hydrogens (tertiary/aromatic N) is 1. The van der Waals surface area contributed by atoms with Crippen molar-refractivity contribution < 1.29 is 0 Å². The number of aromatic nitrogens is 1. The van der Waals surface area contributed by atoms with E-state index in [1.54, 1.807) is 11.3 Å². The maximum atomic E-state index is 4.56. The summed E-state index contributed by atoms with van der Waals surface area (Å²) in [5.74, 6) is 0. The first-order chi connectivity index (χ1) is 6.83. The van der Waals surface area contributed by atoms with Crippen molar-refractivity contribution in [3.63, 3.8) is 0 Å². The fraction of sp³-hybridized carbons (Fsp3) is 0.250. The molecule has 1 nitrogen and oxygen atoms in total. The minimum atomic E-state index is 1.03. The minimum Gasteiger partial charge on any atom is -0.241 e. The predicted octanol–water partition coefficient (Wildman–Crippen LogP) is 3.89. The molecule has 2 rings (SSSR count). The van der Waals surface area contributed by atoms with Crippen molar-refractivity contribution in [2.75, 3.05) is 0 Å². The molecule has 0 aliphatic heterocycles. The fourth-order valence-electron chi connectivity index (χ4n) is 1.44. The molecule has 2 heteroatoms. The van der Waals surface area contributed by atoms with Crippen LogP contribution in [0.15, 0.2) is 24.3 Å². The van der Waals surface area contributed by atoms with Crippen LogP contribution >= 0.6 is 11.3 Å². The number of thiazole rings is 1. The lowest BCUT2D eigenvalue weighted by Gasteiger charge is -1.91. The van der Waals surface area contributed by atoms with Crippen LogP contribution < -0.4 is 0 Å². The lowest BCUT2D eigenvalue weighted by atomic mass is 10.2. The van der Waals surface area contributed by atoms with Crippen LogP contribution in [0.2, 0.25) is 0 Å². The SMILES string of the molecule is C/C=C/c1ccc2sc(CC)nc2c1. The topological polar surface area (TPSA) is 12.9 Å². The highest BCUT2D eigenvalue weighted by Crippen LogP contribution is 2.23. The first-order valence-electron chi connectivity index (χ1n) is 4.85. The maximum Gasteiger partial charge on any atom is 0.0935 e. The van der Waals surface area contributed by atoms with E-state index in [1.165, 1.54) is 15.3 Å². The van der Waals surface area contributed by atoms with Gasteiger partial charge in [-0.05, 0) is 31.0 Å². The van der Waals surface area contributed by atoms with Crippen molar-refractivity contribution in [2.24, 2.45) is 0 Å². The fourth-order valence-corrected chi connectivity index (χ4v) is 2.33. The van der Waals surface area contributed by atoms with Crippen LogP contribution in [-0.4, -0.2) is 4.98 Å². The van der Waals surface area contributed by atoms with E-state index in [1.807, 2.05) is 13.0 Å². The van der Waals surface area contributed by atoms with Gasteiger partial charge in [-0.1, -0.05) is 25.1 Å². The zero-order valence-electron chi connectivity index (χ0n) is 8.45. The normalized spacial score (nSPS) is 11.6. The molecule has 0 saturated heterocycles. The number of rotatable bonds is 2. The number of hydrogen-bond donors (Lipinski definition) is 0. The number of benzene rings is 1. The van der Waals surface area contributed by atoms with Crippen molar-refractivity contribution in [2.45, 2.75) is 20.3 Å². The third-order valence-electron chi connectivity index (χ3n) is 2.12. The average Bonchev–Trinajstić information content (AvgIpc) is 2.60. The summed E-state index contributed by atoms with van der Waals surface area (Å²) in [5.41, 5.74) is 2.36. The minimum absolute atomic E-state index is 1.03. The predicted molar refractivity (Wildman–Crippen MR) is 63.7 cm³/mol. The molecule has 14 heavy (non-hydrogen) atoms. The molecule has 1 heterocycles. The first-order valence-corrected chi connectivity index (χ1v) is 5.67. The van der Waals surface area contributed by atoms with Gasteiger partial charge in [0.1, 0.15) is 0 Å². The van der Waals surface area contributed by atoms with Crippen LogP contribution in [0.5, 0.6) is 0 Å². The standard InChI is InChI=1S/C12H13NS/c1-3-5-9-6-7-11-10(8-9)13-12(4-2)14-11/h3,5-8H,4H2,1-2H3/b5-3+. The quantitative estimate of drug-likeness (QED) is 0.721. The van der Waals surface area contributed by atoms with Crippen LogP contribution in [0.3, 0.4) is 0 Å². The van der Waals surface area contributed by atoms with Gasteiger partial charge in [0.25, 0.3) is 0 Å². The van der Waals surface area contributed by atoms with Crippen molar-refractivity contribution in [1.82, 2.24) is 4.98 Å². The highest BCUT2D eigenvalue weighted by Gasteiger charge is 2.01. The summed E-state index contributed by atoms with van der Waals surface area (Å²) >= 11 is 1.79. The van der Waals surface area contributed by atoms with Crippen molar-refractivity contribution in [3.05, 3.63) is 34.8 Å². The Labute approximate surface area is 88.1 Å². The molecule has 0 atom stereocenters. The summed E-state index contributed by atoms with van der Waals surface area (Å²) in [6, 6.07) is 6.44. The highest BCUT2D eigenvalue weighted by atomic mass is 32.1. The van der Waals surface area contributed by atoms with E-state index in [0.29, 0.717) is 0 Å². The zero-order valence-corrected chi connectivity index (χ0v) is 9.27. The lowest BCUT2D eigenvalue weighted by molar-refractivity contribution is 1.11. The summed E-state index contributed by atoms with van der Waals surface area (Å²) in [4.78, 5) is 4.56. The summed E-state index contributed by atoms with van der Waals surface area (Å²) in [6.07, 6.45) is 5.18. The summed E-state index contributed by atoms with van der Waals surface area (Å²) in [6.45, 7) is 4.17. The highest BCUT2D eigenvalue weighted by molar-refractivity contribution is 7.18. The van der Waals surface area contributed by atoms with Gasteiger partial charge in [0.2, 0.25) is 0 Å². The molecule has 0 amide bonds. The molecule has 0 spiro atoms. The summed E-state index contributed by atoms with van der Waals surface area (Å²) in [5, 5.41) is 1.22. The Morgan fingerprint density at radius 1 is 1.43 bits per heavy atom. The van der Waals surface area contributed by atoms with Crippen LogP contribution in [0, 0.1) is 0 Å². The van der Waals surface area contributed by atoms with Crippen LogP contribution in [0.1, 0.15) is 24.4 Å². The molecule has 0 radical (unpaired) electrons. The Balaban J connectivity index is 2.53. The molecule has 2 aromatic rings. The Morgan fingerprint density at radius 3 is 3.00 bits per heavy atom. The molecule has 0 saturated carbocycles. The van der Waals surface area contributed by atoms with E-state index in [4.69, 9.17) is 0 Å². The average molecular weight is 203 g/mol. The van der Waals surface area contributed by atoms with Gasteiger partial charge in [-0.15, -0.1) is 11.3 Å². The number of fused-ring (bicyclic) bond motifs is 1. The van der Waals surface area contributed by atoms with Gasteiger partial charge in [0.05, 0.1) is 15.2 Å². The third-order valence-corrected chi connectivity index (χ3v) is 3.30. The van der Waals surface area contributed by atoms with Gasteiger partial charge in [-0.25, -0.2) is 4.98 Å². The van der Waals surface area contributed by atoms with Crippen LogP contribution in [0.4, 0.5) is 0 Å². The number of allylic oxidation sites excluding steroid dienone is 1. The Bertz CT molecular complexity index is 468. The van der Waals surface area contributed by atoms with Gasteiger partial charge in [0.15, 0.2) is 0 Å². The second kappa shape index (κ2) is 3.93. The third kappa shape index (κ3) is 1.70. The molecule has 0 bridgehead atoms. The second-order valence-electron chi connectivity index (χ2n) is 3.19. The molecule has 0 aliphatic carbocycles. The number of hydrogen-bond acceptors (Lipinski definition) is 2. The lowest BCUT2D eigenvalue weighted by Crippen LogP contribution is -1.75. The van der Waals surface area contributed by atoms with Gasteiger partial charge in [-0.3, -0.25) is 0 Å². The van der Waals surface area contributed by atoms with E-state index >= 15 is 0 Å². The summed E-state index contributed by atoms with van der Waals surface area (Å²) in [7, 11) is 0. The molecule has 72 valence electrons. The monoisotopic (exact) mass is 203 g/mol. The van der Waals surface area contributed by atoms with Crippen molar-refractivity contribution in [1.29, 1.82) is 0 Å². The van der Waals surface area contributed by atoms with E-state index < -0.39 is 0 Å². The van der Waals surface area contributed by atoms with Gasteiger partial charge < -0.3 is 0 Å². The second-order valence-corrected chi connectivity index (χ2v) is 4.30. The van der Waals surface area contributed by atoms with Gasteiger partial charge in [-0.2, -0.15) is 0 Å². The van der Waals surface area contributed by atoms with Crippen molar-refractivity contribution >= 4 is 27.6 Å². The van der Waals surface area contributed by atoms with Crippen LogP contribution in [-0.2, 0) is 6.42 Å². The first kappa shape index (κ1) is 9.41. The molecule has 0 N–H and O–H groups in total. The molecular formula is C12H13NS. The van der Waals surface area contributed by atoms with E-state index in [9.17, 15) is 0 Å². The molecular weight excluding hydrogens is 190 g/mol. The zero-order chi connectivity index (χ0) is 9.97. The number of aryl methyl sites for hydroxylation is 1. The van der Waals surface area contributed by atoms with E-state index in [0.717, 1.165) is 11.9 Å². The maximum absolute atomic E-state index is 4.56. The molecule has 1 aromatic carbocycles. The Hall–Kier alpha value is -1.15. The molecule has 0 unspecified atom stereocenters. The molecule has 0 aliphatic rings. The molecule has 0 fully saturated rings. The molecule has 1 aromatic heterocycles. The smallest absolute Gasteiger partial charge is 0.0935 e. The Morgan fingerprint density at radius 2 is 2.29 bits per heavy atom. The van der Waals surface area contributed by atoms with Crippen molar-refractivity contribution in [3.8, 4) is 0 Å². The summed E-state index contributed by atoms with van der Waals surface area (Å²) < 4.78 is 1.29. The largest absolute Gasteiger partial charge is 0.241 e.